The highest BCUT2D eigenvalue weighted by Gasteiger charge is 2.29. The van der Waals surface area contributed by atoms with Gasteiger partial charge in [0.05, 0.1) is 18.5 Å². The van der Waals surface area contributed by atoms with Crippen LogP contribution >= 0.6 is 0 Å². The molecule has 1 N–H and O–H groups in total. The van der Waals surface area contributed by atoms with Crippen molar-refractivity contribution < 1.29 is 22.7 Å². The number of hydrogen-bond donors (Lipinski definition) is 1. The van der Waals surface area contributed by atoms with Gasteiger partial charge in [0.25, 0.3) is 0 Å². The van der Waals surface area contributed by atoms with Crippen molar-refractivity contribution in [3.63, 3.8) is 0 Å². The van der Waals surface area contributed by atoms with E-state index >= 15 is 0 Å². The number of sulfonamides is 1. The molecule has 0 saturated carbocycles. The van der Waals surface area contributed by atoms with Crippen LogP contribution < -0.4 is 19.1 Å². The molecule has 35 heavy (non-hydrogen) atoms. The lowest BCUT2D eigenvalue weighted by Crippen LogP contribution is -2.48. The zero-order valence-corrected chi connectivity index (χ0v) is 21.1. The minimum absolute atomic E-state index is 0.251. The van der Waals surface area contributed by atoms with Gasteiger partial charge in [-0.05, 0) is 67.4 Å². The minimum atomic E-state index is -3.72. The number of hydrogen-bond acceptors (Lipinski definition) is 5. The van der Waals surface area contributed by atoms with Crippen LogP contribution in [-0.4, -0.2) is 39.8 Å². The lowest BCUT2D eigenvalue weighted by Gasteiger charge is -2.28. The maximum absolute atomic E-state index is 12.7. The van der Waals surface area contributed by atoms with Crippen LogP contribution in [0.4, 0.5) is 5.69 Å². The van der Waals surface area contributed by atoms with E-state index in [9.17, 15) is 13.2 Å². The predicted octanol–water partition coefficient (Wildman–Crippen LogP) is 4.78. The third-order valence-corrected chi connectivity index (χ3v) is 6.53. The van der Waals surface area contributed by atoms with Gasteiger partial charge in [-0.2, -0.15) is 0 Å². The van der Waals surface area contributed by atoms with Crippen molar-refractivity contribution in [3.8, 4) is 17.2 Å². The van der Waals surface area contributed by atoms with E-state index in [2.05, 4.69) is 12.2 Å². The Morgan fingerprint density at radius 3 is 2.11 bits per heavy atom. The molecule has 0 saturated heterocycles. The topological polar surface area (TPSA) is 84.9 Å². The van der Waals surface area contributed by atoms with Crippen LogP contribution in [0.5, 0.6) is 17.2 Å². The summed E-state index contributed by atoms with van der Waals surface area (Å²) in [5.41, 5.74) is 1.63. The Balaban J connectivity index is 1.57. The molecule has 0 aliphatic heterocycles. The predicted molar refractivity (Wildman–Crippen MR) is 139 cm³/mol. The van der Waals surface area contributed by atoms with Crippen LogP contribution in [-0.2, 0) is 21.2 Å². The number of amides is 1. The van der Waals surface area contributed by atoms with Crippen molar-refractivity contribution in [2.75, 3.05) is 23.7 Å². The fourth-order valence-corrected chi connectivity index (χ4v) is 4.80. The fraction of sp³-hybridized carbons (Fsp3) is 0.296. The average Bonchev–Trinajstić information content (AvgIpc) is 2.84. The Labute approximate surface area is 207 Å². The summed E-state index contributed by atoms with van der Waals surface area (Å²) < 4.78 is 37.6. The Morgan fingerprint density at radius 2 is 1.51 bits per heavy atom. The second-order valence-electron chi connectivity index (χ2n) is 8.18. The molecule has 3 rings (SSSR count). The molecule has 7 nitrogen and oxygen atoms in total. The summed E-state index contributed by atoms with van der Waals surface area (Å²) in [6, 6.07) is 22.8. The van der Waals surface area contributed by atoms with E-state index in [0.29, 0.717) is 17.2 Å². The summed E-state index contributed by atoms with van der Waals surface area (Å²) in [6.07, 6.45) is 3.19. The van der Waals surface area contributed by atoms with Crippen LogP contribution in [0.1, 0.15) is 25.8 Å². The Bertz CT molecular complexity index is 1180. The van der Waals surface area contributed by atoms with Crippen molar-refractivity contribution in [2.24, 2.45) is 0 Å². The molecule has 1 atom stereocenters. The molecule has 1 amide bonds. The highest BCUT2D eigenvalue weighted by Crippen LogP contribution is 2.27. The number of benzene rings is 3. The van der Waals surface area contributed by atoms with Gasteiger partial charge in [-0.3, -0.25) is 9.10 Å². The van der Waals surface area contributed by atoms with Crippen LogP contribution in [0.3, 0.4) is 0 Å². The molecule has 0 radical (unpaired) electrons. The first-order valence-electron chi connectivity index (χ1n) is 11.6. The van der Waals surface area contributed by atoms with Crippen molar-refractivity contribution in [1.29, 1.82) is 0 Å². The minimum Gasteiger partial charge on any atom is -0.492 e. The second kappa shape index (κ2) is 12.3. The third kappa shape index (κ3) is 7.75. The Hall–Kier alpha value is -3.52. The molecule has 8 heteroatoms. The van der Waals surface area contributed by atoms with E-state index in [4.69, 9.17) is 9.47 Å². The number of carbonyl (C=O) groups excluding carboxylic acids is 1. The lowest BCUT2D eigenvalue weighted by atomic mass is 10.1. The van der Waals surface area contributed by atoms with E-state index < -0.39 is 22.0 Å². The number of anilines is 1. The fourth-order valence-electron chi connectivity index (χ4n) is 3.63. The van der Waals surface area contributed by atoms with E-state index in [1.807, 2.05) is 54.6 Å². The number of ether oxygens (including phenoxy) is 2. The number of carbonyl (C=O) groups is 1. The van der Waals surface area contributed by atoms with Crippen LogP contribution in [0, 0.1) is 0 Å². The van der Waals surface area contributed by atoms with E-state index in [1.165, 1.54) is 5.56 Å². The third-order valence-electron chi connectivity index (χ3n) is 5.29. The van der Waals surface area contributed by atoms with E-state index in [0.717, 1.165) is 29.2 Å². The normalized spacial score (nSPS) is 12.0. The highest BCUT2D eigenvalue weighted by atomic mass is 32.2. The van der Waals surface area contributed by atoms with Gasteiger partial charge < -0.3 is 14.8 Å². The number of rotatable bonds is 12. The van der Waals surface area contributed by atoms with Gasteiger partial charge in [0, 0.05) is 0 Å². The van der Waals surface area contributed by atoms with Gasteiger partial charge in [-0.1, -0.05) is 43.7 Å². The number of nitrogens with zero attached hydrogens (tertiary/aromatic N) is 1. The summed E-state index contributed by atoms with van der Waals surface area (Å²) in [5, 5.41) is 2.76. The van der Waals surface area contributed by atoms with Gasteiger partial charge >= 0.3 is 0 Å². The van der Waals surface area contributed by atoms with Crippen LogP contribution in [0.15, 0.2) is 78.9 Å². The molecule has 0 aliphatic carbocycles. The zero-order chi connectivity index (χ0) is 25.3. The maximum atomic E-state index is 12.7. The first-order valence-corrected chi connectivity index (χ1v) is 13.4. The van der Waals surface area contributed by atoms with Crippen LogP contribution in [0.25, 0.3) is 0 Å². The van der Waals surface area contributed by atoms with Gasteiger partial charge in [-0.15, -0.1) is 0 Å². The molecule has 186 valence electrons. The summed E-state index contributed by atoms with van der Waals surface area (Å²) in [6.45, 7) is 4.21. The molecule has 3 aromatic rings. The molecule has 0 fully saturated rings. The first-order chi connectivity index (χ1) is 16.8. The molecular formula is C27H32N2O5S. The quantitative estimate of drug-likeness (QED) is 0.365. The largest absolute Gasteiger partial charge is 0.492 e. The summed E-state index contributed by atoms with van der Waals surface area (Å²) in [7, 11) is -3.72. The molecular weight excluding hydrogens is 464 g/mol. The molecule has 0 aromatic heterocycles. The summed E-state index contributed by atoms with van der Waals surface area (Å²) in [4.78, 5) is 12.7. The van der Waals surface area contributed by atoms with Crippen molar-refractivity contribution in [3.05, 3.63) is 84.4 Å². The van der Waals surface area contributed by atoms with Crippen molar-refractivity contribution in [2.45, 2.75) is 32.7 Å². The Kier molecular flexibility index (Phi) is 9.14. The number of nitrogens with one attached hydrogen (secondary N) is 1. The highest BCUT2D eigenvalue weighted by molar-refractivity contribution is 7.92. The summed E-state index contributed by atoms with van der Waals surface area (Å²) in [5.74, 6) is 1.54. The van der Waals surface area contributed by atoms with Gasteiger partial charge in [0.1, 0.15) is 29.9 Å². The lowest BCUT2D eigenvalue weighted by molar-refractivity contribution is -0.121. The van der Waals surface area contributed by atoms with Crippen molar-refractivity contribution >= 4 is 21.6 Å². The number of aryl methyl sites for hydroxylation is 1. The summed E-state index contributed by atoms with van der Waals surface area (Å²) >= 11 is 0. The monoisotopic (exact) mass is 496 g/mol. The second-order valence-corrected chi connectivity index (χ2v) is 10.0. The van der Waals surface area contributed by atoms with E-state index in [1.54, 1.807) is 31.2 Å². The smallest absolute Gasteiger partial charge is 0.243 e. The molecule has 0 aliphatic rings. The van der Waals surface area contributed by atoms with Crippen molar-refractivity contribution in [1.82, 2.24) is 5.32 Å². The molecule has 0 unspecified atom stereocenters. The van der Waals surface area contributed by atoms with E-state index in [-0.39, 0.29) is 13.2 Å². The molecule has 3 aromatic carbocycles. The molecule has 0 bridgehead atoms. The van der Waals surface area contributed by atoms with Crippen LogP contribution in [0.2, 0.25) is 0 Å². The molecule has 0 spiro atoms. The first kappa shape index (κ1) is 26.1. The van der Waals surface area contributed by atoms with Gasteiger partial charge in [0.15, 0.2) is 0 Å². The molecule has 0 heterocycles. The zero-order valence-electron chi connectivity index (χ0n) is 20.3. The standard InChI is InChI=1S/C27H32N2O5S/c1-4-8-22-11-15-24(16-12-22)33-20-19-28-27(30)21(2)29(35(3,31)32)23-13-17-26(18-14-23)34-25-9-6-5-7-10-25/h5-7,9-18,21H,4,8,19-20H2,1-3H3,(H,28,30)/t21-/m1/s1. The SMILES string of the molecule is CCCc1ccc(OCCNC(=O)[C@@H](C)N(c2ccc(Oc3ccccc3)cc2)S(C)(=O)=O)cc1. The van der Waals surface area contributed by atoms with Gasteiger partial charge in [0.2, 0.25) is 15.9 Å². The van der Waals surface area contributed by atoms with Gasteiger partial charge in [-0.25, -0.2) is 8.42 Å². The average molecular weight is 497 g/mol. The maximum Gasteiger partial charge on any atom is 0.243 e. The number of para-hydroxylation sites is 1. The Morgan fingerprint density at radius 1 is 0.914 bits per heavy atom.